The number of likely N-dealkylation sites (tertiary alicyclic amines) is 1. The van der Waals surface area contributed by atoms with Crippen molar-refractivity contribution in [1.29, 1.82) is 0 Å². The molecule has 0 saturated carbocycles. The van der Waals surface area contributed by atoms with Crippen LogP contribution in [-0.4, -0.2) is 54.5 Å². The van der Waals surface area contributed by atoms with Crippen molar-refractivity contribution in [3.63, 3.8) is 0 Å². The van der Waals surface area contributed by atoms with Crippen LogP contribution in [0.25, 0.3) is 0 Å². The molecule has 2 aliphatic rings. The number of benzene rings is 1. The average Bonchev–Trinajstić information content (AvgIpc) is 3.01. The van der Waals surface area contributed by atoms with E-state index < -0.39 is 0 Å². The molecule has 2 amide bonds. The molecule has 5 heteroatoms. The first kappa shape index (κ1) is 16.0. The van der Waals surface area contributed by atoms with Crippen LogP contribution in [0.2, 0.25) is 0 Å². The lowest BCUT2D eigenvalue weighted by Gasteiger charge is -2.31. The van der Waals surface area contributed by atoms with Crippen LogP contribution in [0.15, 0.2) is 18.2 Å². The molecule has 0 spiro atoms. The monoisotopic (exact) mass is 316 g/mol. The second-order valence-electron chi connectivity index (χ2n) is 6.47. The number of aryl methyl sites for hydroxylation is 2. The zero-order chi connectivity index (χ0) is 16.4. The highest BCUT2D eigenvalue weighted by Crippen LogP contribution is 2.34. The van der Waals surface area contributed by atoms with E-state index in [0.717, 1.165) is 19.4 Å². The first-order valence-corrected chi connectivity index (χ1v) is 8.28. The third-order valence-corrected chi connectivity index (χ3v) is 4.78. The first-order chi connectivity index (χ1) is 11.1. The van der Waals surface area contributed by atoms with Crippen LogP contribution in [0.5, 0.6) is 0 Å². The Labute approximate surface area is 137 Å². The molecule has 2 saturated heterocycles. The quantitative estimate of drug-likeness (QED) is 0.855. The highest BCUT2D eigenvalue weighted by molar-refractivity contribution is 5.86. The van der Waals surface area contributed by atoms with Crippen LogP contribution < -0.4 is 0 Å². The Morgan fingerprint density at radius 2 is 2.13 bits per heavy atom. The van der Waals surface area contributed by atoms with Gasteiger partial charge >= 0.3 is 0 Å². The Kier molecular flexibility index (Phi) is 4.66. The number of morpholine rings is 1. The summed E-state index contributed by atoms with van der Waals surface area (Å²) in [5, 5.41) is 0. The number of hydrogen-bond acceptors (Lipinski definition) is 3. The lowest BCUT2D eigenvalue weighted by Crippen LogP contribution is -2.47. The maximum Gasteiger partial charge on any atom is 0.249 e. The minimum Gasteiger partial charge on any atom is -0.370 e. The Balaban J connectivity index is 1.74. The molecule has 1 atom stereocenters. The van der Waals surface area contributed by atoms with Gasteiger partial charge in [-0.1, -0.05) is 23.8 Å². The summed E-state index contributed by atoms with van der Waals surface area (Å²) in [4.78, 5) is 28.1. The molecule has 3 rings (SSSR count). The van der Waals surface area contributed by atoms with E-state index in [9.17, 15) is 9.59 Å². The van der Waals surface area contributed by atoms with Crippen molar-refractivity contribution in [2.24, 2.45) is 0 Å². The number of hydrogen-bond donors (Lipinski definition) is 0. The highest BCUT2D eigenvalue weighted by atomic mass is 16.5. The van der Waals surface area contributed by atoms with Crippen LogP contribution in [0.3, 0.4) is 0 Å². The molecule has 0 aliphatic carbocycles. The number of nitrogens with zero attached hydrogens (tertiary/aromatic N) is 2. The average molecular weight is 316 g/mol. The van der Waals surface area contributed by atoms with Crippen molar-refractivity contribution in [1.82, 2.24) is 9.80 Å². The largest absolute Gasteiger partial charge is 0.370 e. The summed E-state index contributed by atoms with van der Waals surface area (Å²) in [6.07, 6.45) is 2.01. The molecule has 23 heavy (non-hydrogen) atoms. The van der Waals surface area contributed by atoms with Gasteiger partial charge in [0, 0.05) is 13.1 Å². The molecule has 0 radical (unpaired) electrons. The molecular formula is C18H24N2O3. The maximum absolute atomic E-state index is 12.7. The fraction of sp³-hybridized carbons (Fsp3) is 0.556. The topological polar surface area (TPSA) is 49.9 Å². The van der Waals surface area contributed by atoms with Crippen molar-refractivity contribution < 1.29 is 14.3 Å². The van der Waals surface area contributed by atoms with Gasteiger partial charge in [-0.3, -0.25) is 9.59 Å². The van der Waals surface area contributed by atoms with Gasteiger partial charge in [-0.25, -0.2) is 0 Å². The smallest absolute Gasteiger partial charge is 0.249 e. The van der Waals surface area contributed by atoms with E-state index in [1.165, 1.54) is 16.7 Å². The molecular weight excluding hydrogens is 292 g/mol. The van der Waals surface area contributed by atoms with Gasteiger partial charge in [-0.05, 0) is 37.8 Å². The molecule has 1 unspecified atom stereocenters. The van der Waals surface area contributed by atoms with Crippen LogP contribution >= 0.6 is 0 Å². The SMILES string of the molecule is Cc1ccc(C)c(C2CCCN2C(=O)CN2CCOCC2=O)c1. The van der Waals surface area contributed by atoms with Gasteiger partial charge in [0.2, 0.25) is 11.8 Å². The highest BCUT2D eigenvalue weighted by Gasteiger charge is 2.32. The van der Waals surface area contributed by atoms with Crippen molar-refractivity contribution in [2.45, 2.75) is 32.7 Å². The molecule has 2 fully saturated rings. The minimum atomic E-state index is -0.0907. The summed E-state index contributed by atoms with van der Waals surface area (Å²) in [6.45, 7) is 6.23. The van der Waals surface area contributed by atoms with E-state index in [1.807, 2.05) is 4.90 Å². The zero-order valence-corrected chi connectivity index (χ0v) is 13.9. The third-order valence-electron chi connectivity index (χ3n) is 4.78. The molecule has 0 bridgehead atoms. The Morgan fingerprint density at radius 3 is 2.91 bits per heavy atom. The van der Waals surface area contributed by atoms with Gasteiger partial charge in [-0.15, -0.1) is 0 Å². The van der Waals surface area contributed by atoms with E-state index in [1.54, 1.807) is 4.90 Å². The van der Waals surface area contributed by atoms with Crippen LogP contribution in [-0.2, 0) is 14.3 Å². The summed E-state index contributed by atoms with van der Waals surface area (Å²) in [5.74, 6) is -0.0456. The van der Waals surface area contributed by atoms with E-state index in [2.05, 4.69) is 32.0 Å². The minimum absolute atomic E-state index is 0.0451. The maximum atomic E-state index is 12.7. The Morgan fingerprint density at radius 1 is 1.30 bits per heavy atom. The fourth-order valence-corrected chi connectivity index (χ4v) is 3.48. The van der Waals surface area contributed by atoms with Gasteiger partial charge in [0.15, 0.2) is 0 Å². The number of rotatable bonds is 3. The Hall–Kier alpha value is -1.88. The summed E-state index contributed by atoms with van der Waals surface area (Å²) < 4.78 is 5.12. The molecule has 1 aromatic carbocycles. The molecule has 2 aliphatic heterocycles. The van der Waals surface area contributed by atoms with Gasteiger partial charge in [0.25, 0.3) is 0 Å². The molecule has 2 heterocycles. The van der Waals surface area contributed by atoms with Gasteiger partial charge in [0.05, 0.1) is 19.2 Å². The van der Waals surface area contributed by atoms with Crippen molar-refractivity contribution in [3.05, 3.63) is 34.9 Å². The van der Waals surface area contributed by atoms with Gasteiger partial charge in [-0.2, -0.15) is 0 Å². The summed E-state index contributed by atoms with van der Waals surface area (Å²) >= 11 is 0. The van der Waals surface area contributed by atoms with Crippen LogP contribution in [0.4, 0.5) is 0 Å². The lowest BCUT2D eigenvalue weighted by atomic mass is 9.97. The second kappa shape index (κ2) is 6.71. The molecule has 124 valence electrons. The number of ether oxygens (including phenoxy) is 1. The van der Waals surface area contributed by atoms with Crippen molar-refractivity contribution in [3.8, 4) is 0 Å². The molecule has 1 aromatic rings. The second-order valence-corrected chi connectivity index (χ2v) is 6.47. The predicted molar refractivity (Wildman–Crippen MR) is 87.0 cm³/mol. The Bertz CT molecular complexity index is 614. The molecule has 5 nitrogen and oxygen atoms in total. The van der Waals surface area contributed by atoms with E-state index in [0.29, 0.717) is 13.2 Å². The standard InChI is InChI=1S/C18H24N2O3/c1-13-5-6-14(2)15(10-13)16-4-3-7-20(16)17(21)11-19-8-9-23-12-18(19)22/h5-6,10,16H,3-4,7-9,11-12H2,1-2H3. The molecule has 0 N–H and O–H groups in total. The van der Waals surface area contributed by atoms with Crippen molar-refractivity contribution >= 4 is 11.8 Å². The summed E-state index contributed by atoms with van der Waals surface area (Å²) in [5.41, 5.74) is 3.68. The third kappa shape index (κ3) is 3.39. The van der Waals surface area contributed by atoms with Gasteiger partial charge in [0.1, 0.15) is 6.61 Å². The fourth-order valence-electron chi connectivity index (χ4n) is 3.48. The van der Waals surface area contributed by atoms with Crippen LogP contribution in [0.1, 0.15) is 35.6 Å². The predicted octanol–water partition coefficient (Wildman–Crippen LogP) is 1.83. The number of carbonyl (C=O) groups is 2. The molecule has 0 aromatic heterocycles. The normalized spacial score (nSPS) is 21.8. The van der Waals surface area contributed by atoms with E-state index in [-0.39, 0.29) is 31.0 Å². The lowest BCUT2D eigenvalue weighted by molar-refractivity contribution is -0.148. The van der Waals surface area contributed by atoms with E-state index >= 15 is 0 Å². The zero-order valence-electron chi connectivity index (χ0n) is 13.9. The summed E-state index contributed by atoms with van der Waals surface area (Å²) in [7, 11) is 0. The van der Waals surface area contributed by atoms with Gasteiger partial charge < -0.3 is 14.5 Å². The van der Waals surface area contributed by atoms with Crippen LogP contribution in [0, 0.1) is 13.8 Å². The number of carbonyl (C=O) groups excluding carboxylic acids is 2. The summed E-state index contributed by atoms with van der Waals surface area (Å²) in [6, 6.07) is 6.55. The first-order valence-electron chi connectivity index (χ1n) is 8.28. The number of amides is 2. The van der Waals surface area contributed by atoms with E-state index in [4.69, 9.17) is 4.74 Å². The van der Waals surface area contributed by atoms with Crippen molar-refractivity contribution in [2.75, 3.05) is 32.8 Å².